The Morgan fingerprint density at radius 3 is 2.65 bits per heavy atom. The summed E-state index contributed by atoms with van der Waals surface area (Å²) in [5.41, 5.74) is 0.741. The molecule has 1 unspecified atom stereocenters. The Hall–Kier alpha value is -2.81. The van der Waals surface area contributed by atoms with Gasteiger partial charge in [-0.15, -0.1) is 0 Å². The van der Waals surface area contributed by atoms with Crippen LogP contribution in [0.25, 0.3) is 0 Å². The van der Waals surface area contributed by atoms with E-state index < -0.39 is 32.4 Å². The van der Waals surface area contributed by atoms with Crippen molar-refractivity contribution in [3.8, 4) is 0 Å². The lowest BCUT2D eigenvalue weighted by Gasteiger charge is -2.46. The Kier molecular flexibility index (Phi) is 5.12. The number of rotatable bonds is 4. The molecule has 6 nitrogen and oxygen atoms in total. The molecule has 2 N–H and O–H groups in total. The van der Waals surface area contributed by atoms with E-state index in [1.165, 1.54) is 20.0 Å². The molecule has 2 aliphatic heterocycles. The summed E-state index contributed by atoms with van der Waals surface area (Å²) in [6.07, 6.45) is 3.60. The number of fused-ring (bicyclic) bond motifs is 1. The molecule has 2 aliphatic rings. The number of nitrogens with zero attached hydrogens (tertiary/aromatic N) is 2. The summed E-state index contributed by atoms with van der Waals surface area (Å²) in [4.78, 5) is 4.53. The van der Waals surface area contributed by atoms with Gasteiger partial charge in [0.2, 0.25) is 16.0 Å². The Bertz CT molecular complexity index is 1200. The fraction of sp³-hybridized carbons (Fsp3) is 0.364. The summed E-state index contributed by atoms with van der Waals surface area (Å²) < 4.78 is 56.2. The van der Waals surface area contributed by atoms with Crippen molar-refractivity contribution in [1.29, 1.82) is 5.41 Å². The number of hydrogen-bond acceptors (Lipinski definition) is 4. The molecule has 31 heavy (non-hydrogen) atoms. The van der Waals surface area contributed by atoms with E-state index in [0.29, 0.717) is 5.56 Å². The van der Waals surface area contributed by atoms with Crippen LogP contribution in [0.2, 0.25) is 0 Å². The molecule has 0 aliphatic carbocycles. The van der Waals surface area contributed by atoms with Gasteiger partial charge in [-0.2, -0.15) is 0 Å². The summed E-state index contributed by atoms with van der Waals surface area (Å²) in [6.45, 7) is 3.60. The average Bonchev–Trinajstić information content (AvgIpc) is 3.08. The van der Waals surface area contributed by atoms with Gasteiger partial charge < -0.3 is 5.32 Å². The van der Waals surface area contributed by atoms with Gasteiger partial charge >= 0.3 is 0 Å². The normalized spacial score (nSPS) is 26.6. The van der Waals surface area contributed by atoms with E-state index in [1.54, 1.807) is 18.3 Å². The van der Waals surface area contributed by atoms with Crippen LogP contribution in [-0.4, -0.2) is 31.9 Å². The van der Waals surface area contributed by atoms with Crippen molar-refractivity contribution in [2.24, 2.45) is 4.99 Å². The van der Waals surface area contributed by atoms with E-state index in [2.05, 4.69) is 17.2 Å². The second kappa shape index (κ2) is 7.40. The van der Waals surface area contributed by atoms with E-state index in [0.717, 1.165) is 40.4 Å². The van der Waals surface area contributed by atoms with Crippen LogP contribution in [0.3, 0.4) is 0 Å². The minimum atomic E-state index is -4.09. The number of hydrogen-bond donors (Lipinski definition) is 2. The number of nitrogens with one attached hydrogen (secondary N) is 2. The molecule has 1 fully saturated rings. The first-order chi connectivity index (χ1) is 14.6. The fourth-order valence-electron chi connectivity index (χ4n) is 4.52. The highest BCUT2D eigenvalue weighted by Gasteiger charge is 2.53. The van der Waals surface area contributed by atoms with Crippen molar-refractivity contribution in [3.63, 3.8) is 0 Å². The fourth-order valence-corrected chi connectivity index (χ4v) is 6.41. The van der Waals surface area contributed by atoms with Gasteiger partial charge in [-0.3, -0.25) is 10.4 Å². The third-order valence-corrected chi connectivity index (χ3v) is 8.40. The van der Waals surface area contributed by atoms with Crippen LogP contribution in [0.4, 0.5) is 8.78 Å². The summed E-state index contributed by atoms with van der Waals surface area (Å²) in [5, 5.41) is 9.74. The summed E-state index contributed by atoms with van der Waals surface area (Å²) >= 11 is 0. The lowest BCUT2D eigenvalue weighted by atomic mass is 9.83. The highest BCUT2D eigenvalue weighted by molar-refractivity contribution is 7.90. The van der Waals surface area contributed by atoms with Gasteiger partial charge in [0.1, 0.15) is 16.9 Å². The van der Waals surface area contributed by atoms with Crippen LogP contribution < -0.4 is 5.32 Å². The molecule has 0 bridgehead atoms. The molecule has 0 saturated carbocycles. The number of aliphatic imine (C=N–C) groups is 1. The molecule has 0 aromatic heterocycles. The average molecular weight is 447 g/mol. The molecule has 2 aromatic rings. The topological polar surface area (TPSA) is 85.6 Å². The van der Waals surface area contributed by atoms with Crippen molar-refractivity contribution >= 4 is 22.2 Å². The van der Waals surface area contributed by atoms with Crippen molar-refractivity contribution in [2.45, 2.75) is 43.5 Å². The molecule has 0 radical (unpaired) electrons. The molecule has 0 spiro atoms. The first-order valence-electron chi connectivity index (χ1n) is 10.1. The van der Waals surface area contributed by atoms with Gasteiger partial charge in [0.25, 0.3) is 0 Å². The monoisotopic (exact) mass is 446 g/mol. The zero-order chi connectivity index (χ0) is 22.6. The van der Waals surface area contributed by atoms with Crippen LogP contribution >= 0.6 is 0 Å². The smallest absolute Gasteiger partial charge is 0.246 e. The van der Waals surface area contributed by atoms with Crippen LogP contribution in [0.5, 0.6) is 0 Å². The minimum Gasteiger partial charge on any atom is -0.345 e. The van der Waals surface area contributed by atoms with Gasteiger partial charge in [0.05, 0.1) is 11.6 Å². The summed E-state index contributed by atoms with van der Waals surface area (Å²) in [6, 6.07) is 8.44. The molecule has 4 rings (SSSR count). The van der Waals surface area contributed by atoms with Gasteiger partial charge in [0.15, 0.2) is 0 Å². The van der Waals surface area contributed by atoms with E-state index in [1.807, 2.05) is 6.07 Å². The first kappa shape index (κ1) is 21.4. The molecule has 164 valence electrons. The number of halogens is 2. The highest BCUT2D eigenvalue weighted by atomic mass is 32.2. The van der Waals surface area contributed by atoms with Gasteiger partial charge in [-0.25, -0.2) is 21.5 Å². The maximum atomic E-state index is 14.8. The summed E-state index contributed by atoms with van der Waals surface area (Å²) in [7, 11) is -2.80. The Morgan fingerprint density at radius 1 is 1.23 bits per heavy atom. The van der Waals surface area contributed by atoms with E-state index >= 15 is 0 Å². The lowest BCUT2D eigenvalue weighted by molar-refractivity contribution is 0.344. The Morgan fingerprint density at radius 2 is 1.97 bits per heavy atom. The second-order valence-corrected chi connectivity index (χ2v) is 10.2. The standard InChI is InChI=1S/C22H24F2N4O2S/c1-4-5-19-16-8-6-13(10-14(16)12-26-19)20-22(2,17-9-7-15(23)11-18(17)24)27-21(25)28(3)31(20,29)30/h6-12,19-20H,4-5H2,1-3H3,(H2,25,27)/t19?,20-,22-/m1/s1. The highest BCUT2D eigenvalue weighted by Crippen LogP contribution is 2.46. The van der Waals surface area contributed by atoms with Crippen LogP contribution in [0.1, 0.15) is 60.2 Å². The zero-order valence-corrected chi connectivity index (χ0v) is 18.3. The molecule has 3 atom stereocenters. The van der Waals surface area contributed by atoms with Crippen LogP contribution in [0.15, 0.2) is 41.4 Å². The van der Waals surface area contributed by atoms with Crippen LogP contribution in [0, 0.1) is 17.0 Å². The molecule has 2 heterocycles. The van der Waals surface area contributed by atoms with Gasteiger partial charge in [-0.1, -0.05) is 31.5 Å². The molecule has 9 heteroatoms. The molecule has 0 amide bonds. The zero-order valence-electron chi connectivity index (χ0n) is 17.5. The Labute approximate surface area is 180 Å². The minimum absolute atomic E-state index is 0.0293. The third kappa shape index (κ3) is 3.31. The maximum absolute atomic E-state index is 14.8. The first-order valence-corrected chi connectivity index (χ1v) is 11.6. The van der Waals surface area contributed by atoms with E-state index in [9.17, 15) is 17.2 Å². The molecular weight excluding hydrogens is 422 g/mol. The quantitative estimate of drug-likeness (QED) is 0.745. The maximum Gasteiger partial charge on any atom is 0.246 e. The SMILES string of the molecule is CCCC1N=Cc2cc([C@@H]3[C@@](C)(c4ccc(F)cc4F)NC(=N)N(C)S3(=O)=O)ccc21. The molecule has 2 aromatic carbocycles. The van der Waals surface area contributed by atoms with E-state index in [-0.39, 0.29) is 17.6 Å². The lowest BCUT2D eigenvalue weighted by Crippen LogP contribution is -2.62. The van der Waals surface area contributed by atoms with Crippen LogP contribution in [-0.2, 0) is 15.6 Å². The predicted octanol–water partition coefficient (Wildman–Crippen LogP) is 3.99. The number of guanidine groups is 1. The molecule has 1 saturated heterocycles. The number of benzene rings is 2. The van der Waals surface area contributed by atoms with Crippen molar-refractivity contribution in [1.82, 2.24) is 9.62 Å². The van der Waals surface area contributed by atoms with Crippen molar-refractivity contribution in [2.75, 3.05) is 7.05 Å². The largest absolute Gasteiger partial charge is 0.345 e. The second-order valence-electron chi connectivity index (χ2n) is 8.16. The number of sulfonamides is 1. The van der Waals surface area contributed by atoms with Gasteiger partial charge in [-0.05, 0) is 42.2 Å². The Balaban J connectivity index is 1.90. The predicted molar refractivity (Wildman–Crippen MR) is 116 cm³/mol. The molecular formula is C22H24F2N4O2S. The van der Waals surface area contributed by atoms with E-state index in [4.69, 9.17) is 5.41 Å². The summed E-state index contributed by atoms with van der Waals surface area (Å²) in [5.74, 6) is -2.02. The van der Waals surface area contributed by atoms with Crippen molar-refractivity contribution in [3.05, 3.63) is 70.3 Å². The third-order valence-electron chi connectivity index (χ3n) is 6.12. The van der Waals surface area contributed by atoms with Crippen molar-refractivity contribution < 1.29 is 17.2 Å². The van der Waals surface area contributed by atoms with Gasteiger partial charge in [0, 0.05) is 24.9 Å².